The topological polar surface area (TPSA) is 41.1 Å². The highest BCUT2D eigenvalue weighted by Gasteiger charge is 2.13. The van der Waals surface area contributed by atoms with E-state index in [9.17, 15) is 4.39 Å². The first-order valence-corrected chi connectivity index (χ1v) is 9.95. The number of halogens is 2. The summed E-state index contributed by atoms with van der Waals surface area (Å²) < 4.78 is 14.2. The van der Waals surface area contributed by atoms with E-state index >= 15 is 0 Å². The van der Waals surface area contributed by atoms with Crippen molar-refractivity contribution < 1.29 is 4.39 Å². The molecule has 3 rings (SSSR count). The third kappa shape index (κ3) is 5.40. The molecule has 0 spiro atoms. The van der Waals surface area contributed by atoms with Gasteiger partial charge in [-0.25, -0.2) is 14.4 Å². The van der Waals surface area contributed by atoms with Gasteiger partial charge < -0.3 is 10.2 Å². The van der Waals surface area contributed by atoms with Crippen molar-refractivity contribution in [3.63, 3.8) is 0 Å². The van der Waals surface area contributed by atoms with Gasteiger partial charge in [-0.15, -0.1) is 0 Å². The highest BCUT2D eigenvalue weighted by molar-refractivity contribution is 6.34. The van der Waals surface area contributed by atoms with Crippen molar-refractivity contribution in [2.24, 2.45) is 0 Å². The Bertz CT molecular complexity index is 928. The number of aryl methyl sites for hydroxylation is 1. The number of nitrogens with one attached hydrogen (secondary N) is 1. The molecular formula is C22H28ClFN4. The Morgan fingerprint density at radius 1 is 1.07 bits per heavy atom. The molecule has 0 aliphatic rings. The van der Waals surface area contributed by atoms with Gasteiger partial charge in [0.2, 0.25) is 5.95 Å². The van der Waals surface area contributed by atoms with Crippen molar-refractivity contribution >= 4 is 28.5 Å². The second-order valence-corrected chi connectivity index (χ2v) is 6.95. The van der Waals surface area contributed by atoms with Crippen LogP contribution in [0.5, 0.6) is 0 Å². The molecule has 2 aromatic carbocycles. The quantitative estimate of drug-likeness (QED) is 0.530. The normalized spacial score (nSPS) is 10.7. The van der Waals surface area contributed by atoms with Gasteiger partial charge in [0.1, 0.15) is 5.82 Å². The fourth-order valence-electron chi connectivity index (χ4n) is 2.86. The average molecular weight is 403 g/mol. The molecule has 0 fully saturated rings. The van der Waals surface area contributed by atoms with Crippen LogP contribution in [0, 0.1) is 12.7 Å². The lowest BCUT2D eigenvalue weighted by Crippen LogP contribution is -2.17. The molecule has 28 heavy (non-hydrogen) atoms. The van der Waals surface area contributed by atoms with E-state index in [1.54, 1.807) is 18.2 Å². The van der Waals surface area contributed by atoms with E-state index in [0.717, 1.165) is 36.1 Å². The Morgan fingerprint density at radius 3 is 2.46 bits per heavy atom. The lowest BCUT2D eigenvalue weighted by molar-refractivity contribution is 0.405. The van der Waals surface area contributed by atoms with Crippen molar-refractivity contribution in [3.8, 4) is 11.1 Å². The highest BCUT2D eigenvalue weighted by atomic mass is 35.5. The minimum atomic E-state index is -0.304. The van der Waals surface area contributed by atoms with Gasteiger partial charge in [-0.1, -0.05) is 43.6 Å². The zero-order chi connectivity index (χ0) is 20.7. The zero-order valence-electron chi connectivity index (χ0n) is 17.2. The summed E-state index contributed by atoms with van der Waals surface area (Å²) in [5, 5.41) is 4.62. The summed E-state index contributed by atoms with van der Waals surface area (Å²) in [4.78, 5) is 11.2. The highest BCUT2D eigenvalue weighted by Crippen LogP contribution is 2.34. The number of aromatic nitrogens is 2. The summed E-state index contributed by atoms with van der Waals surface area (Å²) in [6, 6.07) is 10.2. The number of hydrogen-bond acceptors (Lipinski definition) is 4. The van der Waals surface area contributed by atoms with Gasteiger partial charge in [0.05, 0.1) is 11.2 Å². The molecule has 0 aliphatic carbocycles. The summed E-state index contributed by atoms with van der Waals surface area (Å²) in [6.07, 6.45) is 0.995. The number of rotatable bonds is 6. The molecule has 3 aromatic rings. The lowest BCUT2D eigenvalue weighted by Gasteiger charge is -2.12. The molecule has 0 unspecified atom stereocenters. The van der Waals surface area contributed by atoms with E-state index in [2.05, 4.69) is 20.2 Å². The Hall–Kier alpha value is -2.24. The molecule has 150 valence electrons. The lowest BCUT2D eigenvalue weighted by atomic mass is 10.0. The van der Waals surface area contributed by atoms with Crippen LogP contribution in [-0.2, 0) is 0 Å². The van der Waals surface area contributed by atoms with E-state index < -0.39 is 0 Å². The van der Waals surface area contributed by atoms with E-state index in [0.29, 0.717) is 22.1 Å². The van der Waals surface area contributed by atoms with Gasteiger partial charge >= 0.3 is 0 Å². The Balaban J connectivity index is 0.00000136. The molecule has 4 nitrogen and oxygen atoms in total. The molecule has 0 saturated carbocycles. The maximum absolute atomic E-state index is 14.2. The first-order chi connectivity index (χ1) is 13.5. The Labute approximate surface area is 171 Å². The van der Waals surface area contributed by atoms with Crippen LogP contribution in [0.1, 0.15) is 26.0 Å². The van der Waals surface area contributed by atoms with E-state index in [4.69, 9.17) is 11.6 Å². The average Bonchev–Trinajstić information content (AvgIpc) is 2.67. The van der Waals surface area contributed by atoms with Crippen LogP contribution in [0.15, 0.2) is 36.4 Å². The van der Waals surface area contributed by atoms with Gasteiger partial charge in [0.15, 0.2) is 0 Å². The third-order valence-corrected chi connectivity index (χ3v) is 4.52. The van der Waals surface area contributed by atoms with Crippen LogP contribution in [-0.4, -0.2) is 42.1 Å². The first kappa shape index (κ1) is 22.1. The molecule has 1 heterocycles. The van der Waals surface area contributed by atoms with Crippen LogP contribution in [0.3, 0.4) is 0 Å². The largest absolute Gasteiger partial charge is 0.354 e. The SMILES string of the molecule is CC.Cc1nc(NCCCN(C)C)nc2cc(-c3ccccc3F)c(Cl)cc12. The third-order valence-electron chi connectivity index (χ3n) is 4.20. The molecule has 0 atom stereocenters. The molecule has 0 amide bonds. The zero-order valence-corrected chi connectivity index (χ0v) is 17.9. The smallest absolute Gasteiger partial charge is 0.223 e. The Kier molecular flexibility index (Phi) is 8.15. The number of anilines is 1. The summed E-state index contributed by atoms with van der Waals surface area (Å²) in [7, 11) is 4.09. The van der Waals surface area contributed by atoms with Crippen LogP contribution in [0.25, 0.3) is 22.0 Å². The predicted molar refractivity (Wildman–Crippen MR) is 118 cm³/mol. The van der Waals surface area contributed by atoms with Gasteiger partial charge in [-0.2, -0.15) is 0 Å². The van der Waals surface area contributed by atoms with Gasteiger partial charge in [-0.3, -0.25) is 0 Å². The van der Waals surface area contributed by atoms with Crippen LogP contribution in [0.4, 0.5) is 10.3 Å². The fourth-order valence-corrected chi connectivity index (χ4v) is 3.13. The van der Waals surface area contributed by atoms with Crippen molar-refractivity contribution in [3.05, 3.63) is 52.9 Å². The second kappa shape index (κ2) is 10.3. The standard InChI is InChI=1S/C20H22ClFN4.C2H6/c1-13-15-11-17(21)16(14-7-4-5-8-18(14)22)12-19(15)25-20(24-13)23-9-6-10-26(2)3;1-2/h4-5,7-8,11-12H,6,9-10H2,1-3H3,(H,23,24,25);1-2H3. The molecule has 0 radical (unpaired) electrons. The van der Waals surface area contributed by atoms with E-state index in [-0.39, 0.29) is 5.82 Å². The maximum Gasteiger partial charge on any atom is 0.223 e. The summed E-state index contributed by atoms with van der Waals surface area (Å²) in [6.45, 7) is 7.71. The number of nitrogens with zero attached hydrogens (tertiary/aromatic N) is 3. The van der Waals surface area contributed by atoms with Crippen molar-refractivity contribution in [2.75, 3.05) is 32.5 Å². The van der Waals surface area contributed by atoms with Crippen molar-refractivity contribution in [2.45, 2.75) is 27.2 Å². The van der Waals surface area contributed by atoms with Crippen LogP contribution < -0.4 is 5.32 Å². The Morgan fingerprint density at radius 2 is 1.79 bits per heavy atom. The van der Waals surface area contributed by atoms with Gasteiger partial charge in [0.25, 0.3) is 0 Å². The molecular weight excluding hydrogens is 375 g/mol. The monoisotopic (exact) mass is 402 g/mol. The summed E-state index contributed by atoms with van der Waals surface area (Å²) >= 11 is 6.41. The molecule has 6 heteroatoms. The number of benzene rings is 2. The number of hydrogen-bond donors (Lipinski definition) is 1. The predicted octanol–water partition coefficient (Wildman–Crippen LogP) is 5.79. The summed E-state index contributed by atoms with van der Waals surface area (Å²) in [5.41, 5.74) is 2.69. The van der Waals surface area contributed by atoms with Gasteiger partial charge in [0, 0.05) is 28.1 Å². The second-order valence-electron chi connectivity index (χ2n) is 6.55. The number of fused-ring (bicyclic) bond motifs is 1. The van der Waals surface area contributed by atoms with E-state index in [1.165, 1.54) is 6.07 Å². The molecule has 0 bridgehead atoms. The van der Waals surface area contributed by atoms with Crippen LogP contribution in [0.2, 0.25) is 5.02 Å². The molecule has 0 aliphatic heterocycles. The first-order valence-electron chi connectivity index (χ1n) is 9.57. The van der Waals surface area contributed by atoms with Crippen LogP contribution >= 0.6 is 11.6 Å². The van der Waals surface area contributed by atoms with E-state index in [1.807, 2.05) is 47.0 Å². The molecule has 1 N–H and O–H groups in total. The fraction of sp³-hybridized carbons (Fsp3) is 0.364. The molecule has 1 aromatic heterocycles. The minimum absolute atomic E-state index is 0.304. The van der Waals surface area contributed by atoms with Crippen molar-refractivity contribution in [1.29, 1.82) is 0 Å². The molecule has 0 saturated heterocycles. The summed E-state index contributed by atoms with van der Waals surface area (Å²) in [5.74, 6) is 0.275. The minimum Gasteiger partial charge on any atom is -0.354 e. The maximum atomic E-state index is 14.2. The van der Waals surface area contributed by atoms with Gasteiger partial charge in [-0.05, 0) is 52.2 Å². The van der Waals surface area contributed by atoms with Crippen molar-refractivity contribution in [1.82, 2.24) is 14.9 Å².